The van der Waals surface area contributed by atoms with Crippen LogP contribution in [0.4, 0.5) is 0 Å². The molecule has 3 heteroatoms. The summed E-state index contributed by atoms with van der Waals surface area (Å²) in [7, 11) is 0.713. The average Bonchev–Trinajstić information content (AvgIpc) is 3.36. The molecule has 0 N–H and O–H groups in total. The first kappa shape index (κ1) is 16.3. The number of hydrogen-bond acceptors (Lipinski definition) is 2. The second kappa shape index (κ2) is 6.20. The van der Waals surface area contributed by atoms with Crippen LogP contribution in [0.3, 0.4) is 0 Å². The Labute approximate surface area is 166 Å². The van der Waals surface area contributed by atoms with E-state index in [2.05, 4.69) is 89.7 Å². The van der Waals surface area contributed by atoms with E-state index in [1.165, 1.54) is 45.5 Å². The monoisotopic (exact) mass is 363 g/mol. The van der Waals surface area contributed by atoms with Crippen LogP contribution < -0.4 is 0 Å². The van der Waals surface area contributed by atoms with Crippen molar-refractivity contribution in [2.24, 2.45) is 0 Å². The van der Waals surface area contributed by atoms with Gasteiger partial charge in [-0.25, -0.2) is 0 Å². The summed E-state index contributed by atoms with van der Waals surface area (Å²) in [5.74, 6) is 0. The molecular formula is C25H22BNO. The molecule has 1 atom stereocenters. The highest BCUT2D eigenvalue weighted by atomic mass is 16.5. The standard InChI is InChI=1S/C25H22BNO/c1-3-8-20-16-22(13-11-18(20)6-1)25(24-10-5-15-27(24)26-28-25)23-14-12-19-7-2-4-9-21(19)17-23/h1-4,6-9,11-14,16-17,24,26H,5,10,15H2/t24-/m0/s1. The van der Waals surface area contributed by atoms with Gasteiger partial charge in [-0.15, -0.1) is 0 Å². The van der Waals surface area contributed by atoms with Crippen LogP contribution in [-0.4, -0.2) is 25.0 Å². The summed E-state index contributed by atoms with van der Waals surface area (Å²) in [6, 6.07) is 31.3. The average molecular weight is 363 g/mol. The van der Waals surface area contributed by atoms with E-state index in [1.54, 1.807) is 0 Å². The maximum absolute atomic E-state index is 6.70. The largest absolute Gasteiger partial charge is 0.409 e. The second-order valence-corrected chi connectivity index (χ2v) is 8.10. The molecule has 6 rings (SSSR count). The van der Waals surface area contributed by atoms with Crippen LogP contribution in [0.2, 0.25) is 0 Å². The Morgan fingerprint density at radius 3 is 1.93 bits per heavy atom. The molecule has 136 valence electrons. The van der Waals surface area contributed by atoms with E-state index in [-0.39, 0.29) is 0 Å². The highest BCUT2D eigenvalue weighted by Gasteiger charge is 2.53. The van der Waals surface area contributed by atoms with E-state index in [1.807, 2.05) is 0 Å². The topological polar surface area (TPSA) is 12.5 Å². The molecule has 4 aromatic carbocycles. The van der Waals surface area contributed by atoms with Gasteiger partial charge in [-0.1, -0.05) is 72.8 Å². The van der Waals surface area contributed by atoms with Crippen molar-refractivity contribution in [3.05, 3.63) is 96.1 Å². The molecule has 0 unspecified atom stereocenters. The van der Waals surface area contributed by atoms with E-state index in [4.69, 9.17) is 4.65 Å². The number of fused-ring (bicyclic) bond motifs is 3. The Bertz CT molecular complexity index is 1110. The van der Waals surface area contributed by atoms with Crippen molar-refractivity contribution in [1.29, 1.82) is 0 Å². The molecule has 2 aliphatic heterocycles. The Morgan fingerprint density at radius 1 is 0.750 bits per heavy atom. The summed E-state index contributed by atoms with van der Waals surface area (Å²) in [5, 5.41) is 5.11. The van der Waals surface area contributed by atoms with Gasteiger partial charge in [-0.05, 0) is 64.2 Å². The van der Waals surface area contributed by atoms with Gasteiger partial charge in [0.2, 0.25) is 0 Å². The van der Waals surface area contributed by atoms with E-state index < -0.39 is 5.60 Å². The van der Waals surface area contributed by atoms with Gasteiger partial charge in [0.25, 0.3) is 0 Å². The van der Waals surface area contributed by atoms with Gasteiger partial charge in [0.05, 0.1) is 0 Å². The van der Waals surface area contributed by atoms with Crippen LogP contribution in [0.15, 0.2) is 84.9 Å². The van der Waals surface area contributed by atoms with Gasteiger partial charge in [-0.3, -0.25) is 0 Å². The van der Waals surface area contributed by atoms with Gasteiger partial charge in [-0.2, -0.15) is 0 Å². The summed E-state index contributed by atoms with van der Waals surface area (Å²) in [5.41, 5.74) is 2.15. The van der Waals surface area contributed by atoms with Crippen LogP contribution in [0.5, 0.6) is 0 Å². The van der Waals surface area contributed by atoms with Crippen molar-refractivity contribution in [2.45, 2.75) is 24.5 Å². The molecule has 0 aliphatic carbocycles. The normalized spacial score (nSPS) is 21.1. The molecule has 0 saturated carbocycles. The van der Waals surface area contributed by atoms with Crippen molar-refractivity contribution in [3.8, 4) is 0 Å². The van der Waals surface area contributed by atoms with Gasteiger partial charge >= 0.3 is 7.62 Å². The molecule has 0 bridgehead atoms. The molecule has 0 spiro atoms. The number of hydrogen-bond donors (Lipinski definition) is 0. The Balaban J connectivity index is 1.60. The summed E-state index contributed by atoms with van der Waals surface area (Å²) in [4.78, 5) is 2.52. The van der Waals surface area contributed by atoms with Crippen LogP contribution in [-0.2, 0) is 10.3 Å². The van der Waals surface area contributed by atoms with E-state index >= 15 is 0 Å². The van der Waals surface area contributed by atoms with E-state index in [9.17, 15) is 0 Å². The minimum absolute atomic E-state index is 0.398. The Morgan fingerprint density at radius 2 is 1.32 bits per heavy atom. The van der Waals surface area contributed by atoms with Crippen LogP contribution in [0.25, 0.3) is 21.5 Å². The predicted octanol–water partition coefficient (Wildman–Crippen LogP) is 5.00. The lowest BCUT2D eigenvalue weighted by molar-refractivity contribution is 0.109. The lowest BCUT2D eigenvalue weighted by Crippen LogP contribution is -2.40. The minimum Gasteiger partial charge on any atom is -0.409 e. The molecule has 28 heavy (non-hydrogen) atoms. The summed E-state index contributed by atoms with van der Waals surface area (Å²) in [6.07, 6.45) is 2.43. The molecule has 0 amide bonds. The minimum atomic E-state index is -0.398. The number of nitrogens with zero attached hydrogens (tertiary/aromatic N) is 1. The van der Waals surface area contributed by atoms with E-state index in [0.29, 0.717) is 13.7 Å². The van der Waals surface area contributed by atoms with E-state index in [0.717, 1.165) is 6.54 Å². The zero-order valence-electron chi connectivity index (χ0n) is 15.8. The molecule has 2 saturated heterocycles. The highest BCUT2D eigenvalue weighted by Crippen LogP contribution is 2.47. The molecular weight excluding hydrogens is 341 g/mol. The third kappa shape index (κ3) is 2.30. The molecule has 0 radical (unpaired) electrons. The van der Waals surface area contributed by atoms with Crippen molar-refractivity contribution in [3.63, 3.8) is 0 Å². The molecule has 2 nitrogen and oxygen atoms in total. The smallest absolute Gasteiger partial charge is 0.364 e. The second-order valence-electron chi connectivity index (χ2n) is 8.10. The number of rotatable bonds is 2. The van der Waals surface area contributed by atoms with Gasteiger partial charge in [0.15, 0.2) is 0 Å². The summed E-state index contributed by atoms with van der Waals surface area (Å²) in [6.45, 7) is 1.13. The maximum atomic E-state index is 6.70. The quantitative estimate of drug-likeness (QED) is 0.465. The number of benzene rings is 4. The fourth-order valence-corrected chi connectivity index (χ4v) is 5.28. The third-order valence-corrected chi connectivity index (χ3v) is 6.65. The van der Waals surface area contributed by atoms with Crippen molar-refractivity contribution < 1.29 is 4.65 Å². The maximum Gasteiger partial charge on any atom is 0.364 e. The predicted molar refractivity (Wildman–Crippen MR) is 117 cm³/mol. The Hall–Kier alpha value is -2.62. The SMILES string of the molecule is B1OC(c2ccc3ccccc3c2)(c2ccc3ccccc3c2)[C@@H]2CCCN12. The molecule has 2 heterocycles. The summed E-state index contributed by atoms with van der Waals surface area (Å²) >= 11 is 0. The zero-order chi connectivity index (χ0) is 18.6. The fourth-order valence-electron chi connectivity index (χ4n) is 5.28. The third-order valence-electron chi connectivity index (χ3n) is 6.65. The molecule has 2 aliphatic rings. The van der Waals surface area contributed by atoms with Crippen LogP contribution >= 0.6 is 0 Å². The molecule has 4 aromatic rings. The van der Waals surface area contributed by atoms with Gasteiger partial charge in [0, 0.05) is 6.04 Å². The van der Waals surface area contributed by atoms with Crippen molar-refractivity contribution in [2.75, 3.05) is 6.54 Å². The first-order valence-corrected chi connectivity index (χ1v) is 10.2. The van der Waals surface area contributed by atoms with Crippen molar-refractivity contribution >= 4 is 29.2 Å². The lowest BCUT2D eigenvalue weighted by atomic mass is 9.78. The van der Waals surface area contributed by atoms with Crippen molar-refractivity contribution in [1.82, 2.24) is 4.81 Å². The van der Waals surface area contributed by atoms with Gasteiger partial charge < -0.3 is 9.47 Å². The first-order chi connectivity index (χ1) is 13.8. The van der Waals surface area contributed by atoms with Gasteiger partial charge in [0.1, 0.15) is 5.60 Å². The molecule has 2 fully saturated rings. The highest BCUT2D eigenvalue weighted by molar-refractivity contribution is 6.25. The summed E-state index contributed by atoms with van der Waals surface area (Å²) < 4.78 is 6.70. The lowest BCUT2D eigenvalue weighted by Gasteiger charge is -2.36. The van der Waals surface area contributed by atoms with Crippen LogP contribution in [0, 0.1) is 0 Å². The zero-order valence-corrected chi connectivity index (χ0v) is 15.8. The molecule has 0 aromatic heterocycles. The first-order valence-electron chi connectivity index (χ1n) is 10.2. The fraction of sp³-hybridized carbons (Fsp3) is 0.200. The van der Waals surface area contributed by atoms with Crippen LogP contribution in [0.1, 0.15) is 24.0 Å². The Kier molecular flexibility index (Phi) is 3.62.